The molecule has 0 atom stereocenters. The van der Waals surface area contributed by atoms with Crippen molar-refractivity contribution in [1.82, 2.24) is 20.2 Å². The molecule has 0 fully saturated rings. The van der Waals surface area contributed by atoms with Crippen LogP contribution in [0.25, 0.3) is 0 Å². The minimum absolute atomic E-state index is 0.161. The smallest absolute Gasteiger partial charge is 0.271 e. The maximum Gasteiger partial charge on any atom is 0.271 e. The van der Waals surface area contributed by atoms with E-state index in [1.54, 1.807) is 6.20 Å². The first-order valence-electron chi connectivity index (χ1n) is 7.43. The molecular weight excluding hydrogens is 264 g/mol. The van der Waals surface area contributed by atoms with Crippen molar-refractivity contribution in [3.8, 4) is 0 Å². The average Bonchev–Trinajstić information content (AvgIpc) is 2.47. The van der Waals surface area contributed by atoms with Crippen LogP contribution < -0.4 is 5.32 Å². The second kappa shape index (κ2) is 6.80. The van der Waals surface area contributed by atoms with E-state index in [9.17, 15) is 4.79 Å². The van der Waals surface area contributed by atoms with Gasteiger partial charge in [0.25, 0.3) is 5.91 Å². The van der Waals surface area contributed by atoms with Crippen LogP contribution in [0.15, 0.2) is 30.2 Å². The molecule has 5 nitrogen and oxygen atoms in total. The Balaban J connectivity index is 1.73. The third-order valence-electron chi connectivity index (χ3n) is 3.77. The molecule has 0 radical (unpaired) electrons. The van der Waals surface area contributed by atoms with Crippen LogP contribution in [0, 0.1) is 5.41 Å². The lowest BCUT2D eigenvalue weighted by molar-refractivity contribution is 0.0943. The van der Waals surface area contributed by atoms with E-state index in [4.69, 9.17) is 0 Å². The number of hydrogen-bond acceptors (Lipinski definition) is 4. The Morgan fingerprint density at radius 3 is 2.76 bits per heavy atom. The summed E-state index contributed by atoms with van der Waals surface area (Å²) >= 11 is 0. The molecule has 0 saturated carbocycles. The van der Waals surface area contributed by atoms with Crippen molar-refractivity contribution in [2.75, 3.05) is 26.2 Å². The summed E-state index contributed by atoms with van der Waals surface area (Å²) in [6, 6.07) is 0. The van der Waals surface area contributed by atoms with Gasteiger partial charge in [-0.05, 0) is 11.8 Å². The van der Waals surface area contributed by atoms with E-state index in [0.29, 0.717) is 12.2 Å². The van der Waals surface area contributed by atoms with Gasteiger partial charge < -0.3 is 5.32 Å². The highest BCUT2D eigenvalue weighted by Crippen LogP contribution is 2.29. The normalized spacial score (nSPS) is 16.4. The van der Waals surface area contributed by atoms with E-state index in [0.717, 1.165) is 26.1 Å². The summed E-state index contributed by atoms with van der Waals surface area (Å²) in [6.07, 6.45) is 8.01. The average molecular weight is 288 g/mol. The van der Waals surface area contributed by atoms with Crippen molar-refractivity contribution < 1.29 is 4.79 Å². The molecule has 21 heavy (non-hydrogen) atoms. The Kier molecular flexibility index (Phi) is 5.07. The highest BCUT2D eigenvalue weighted by atomic mass is 16.1. The fourth-order valence-electron chi connectivity index (χ4n) is 2.43. The van der Waals surface area contributed by atoms with Gasteiger partial charge in [-0.15, -0.1) is 0 Å². The largest absolute Gasteiger partial charge is 0.349 e. The molecule has 1 aliphatic heterocycles. The zero-order valence-corrected chi connectivity index (χ0v) is 13.1. The lowest BCUT2D eigenvalue weighted by atomic mass is 9.83. The number of nitrogens with zero attached hydrogens (tertiary/aromatic N) is 3. The van der Waals surface area contributed by atoms with E-state index in [1.165, 1.54) is 18.0 Å². The molecule has 0 saturated heterocycles. The second-order valence-corrected chi connectivity index (χ2v) is 6.38. The first kappa shape index (κ1) is 15.6. The van der Waals surface area contributed by atoms with Gasteiger partial charge in [-0.3, -0.25) is 14.7 Å². The molecule has 0 aromatic carbocycles. The van der Waals surface area contributed by atoms with Crippen LogP contribution in [0.2, 0.25) is 0 Å². The monoisotopic (exact) mass is 288 g/mol. The Labute approximate surface area is 126 Å². The van der Waals surface area contributed by atoms with Crippen LogP contribution in [-0.4, -0.2) is 47.0 Å². The fourth-order valence-corrected chi connectivity index (χ4v) is 2.43. The van der Waals surface area contributed by atoms with Gasteiger partial charge in [-0.1, -0.05) is 32.4 Å². The summed E-state index contributed by atoms with van der Waals surface area (Å²) in [6.45, 7) is 10.3. The number of nitrogens with one attached hydrogen (secondary N) is 1. The SMILES string of the molecule is CC(C)(C)C1=CCN(CCNC(=O)c2cnccn2)CC1. The maximum atomic E-state index is 11.8. The molecule has 1 aromatic heterocycles. The Bertz CT molecular complexity index is 505. The number of carbonyl (C=O) groups excluding carboxylic acids is 1. The van der Waals surface area contributed by atoms with Crippen LogP contribution in [0.1, 0.15) is 37.7 Å². The third-order valence-corrected chi connectivity index (χ3v) is 3.77. The quantitative estimate of drug-likeness (QED) is 0.860. The van der Waals surface area contributed by atoms with Gasteiger partial charge in [0.05, 0.1) is 6.20 Å². The van der Waals surface area contributed by atoms with Gasteiger partial charge in [0, 0.05) is 38.6 Å². The molecule has 0 spiro atoms. The van der Waals surface area contributed by atoms with Gasteiger partial charge in [0.15, 0.2) is 0 Å². The zero-order chi connectivity index (χ0) is 15.3. The topological polar surface area (TPSA) is 58.1 Å². The van der Waals surface area contributed by atoms with E-state index in [1.807, 2.05) is 0 Å². The molecule has 0 unspecified atom stereocenters. The molecule has 1 aromatic rings. The minimum Gasteiger partial charge on any atom is -0.349 e. The van der Waals surface area contributed by atoms with Crippen LogP contribution >= 0.6 is 0 Å². The maximum absolute atomic E-state index is 11.8. The summed E-state index contributed by atoms with van der Waals surface area (Å²) in [5.74, 6) is -0.161. The number of rotatable bonds is 4. The van der Waals surface area contributed by atoms with Gasteiger partial charge in [-0.2, -0.15) is 0 Å². The number of carbonyl (C=O) groups is 1. The highest BCUT2D eigenvalue weighted by molar-refractivity contribution is 5.91. The summed E-state index contributed by atoms with van der Waals surface area (Å²) < 4.78 is 0. The summed E-state index contributed by atoms with van der Waals surface area (Å²) in [5, 5.41) is 2.88. The van der Waals surface area contributed by atoms with E-state index in [2.05, 4.69) is 47.0 Å². The fraction of sp³-hybridized carbons (Fsp3) is 0.562. The van der Waals surface area contributed by atoms with Gasteiger partial charge in [-0.25, -0.2) is 4.98 Å². The summed E-state index contributed by atoms with van der Waals surface area (Å²) in [4.78, 5) is 22.1. The molecule has 0 bridgehead atoms. The molecule has 2 heterocycles. The number of amides is 1. The van der Waals surface area contributed by atoms with Crippen molar-refractivity contribution in [1.29, 1.82) is 0 Å². The molecule has 5 heteroatoms. The second-order valence-electron chi connectivity index (χ2n) is 6.38. The number of hydrogen-bond donors (Lipinski definition) is 1. The van der Waals surface area contributed by atoms with E-state index < -0.39 is 0 Å². The standard InChI is InChI=1S/C16H24N4O/c1-16(2,3)13-4-9-20(10-5-13)11-8-19-15(21)14-12-17-6-7-18-14/h4,6-7,12H,5,8-11H2,1-3H3,(H,19,21). The van der Waals surface area contributed by atoms with Crippen molar-refractivity contribution in [3.05, 3.63) is 35.9 Å². The van der Waals surface area contributed by atoms with Crippen molar-refractivity contribution in [2.45, 2.75) is 27.2 Å². The Morgan fingerprint density at radius 1 is 1.38 bits per heavy atom. The van der Waals surface area contributed by atoms with Crippen LogP contribution in [0.5, 0.6) is 0 Å². The first-order chi connectivity index (χ1) is 9.97. The van der Waals surface area contributed by atoms with E-state index in [-0.39, 0.29) is 11.3 Å². The number of aromatic nitrogens is 2. The summed E-state index contributed by atoms with van der Waals surface area (Å²) in [5.41, 5.74) is 2.17. The van der Waals surface area contributed by atoms with Crippen molar-refractivity contribution in [3.63, 3.8) is 0 Å². The molecular formula is C16H24N4O. The Morgan fingerprint density at radius 2 is 2.19 bits per heavy atom. The zero-order valence-electron chi connectivity index (χ0n) is 13.1. The van der Waals surface area contributed by atoms with Crippen LogP contribution in [-0.2, 0) is 0 Å². The van der Waals surface area contributed by atoms with Crippen molar-refractivity contribution in [2.24, 2.45) is 5.41 Å². The van der Waals surface area contributed by atoms with Gasteiger partial charge in [0.1, 0.15) is 5.69 Å². The lowest BCUT2D eigenvalue weighted by Crippen LogP contribution is -2.38. The van der Waals surface area contributed by atoms with Gasteiger partial charge >= 0.3 is 0 Å². The van der Waals surface area contributed by atoms with Crippen LogP contribution in [0.3, 0.4) is 0 Å². The summed E-state index contributed by atoms with van der Waals surface area (Å²) in [7, 11) is 0. The van der Waals surface area contributed by atoms with Crippen molar-refractivity contribution >= 4 is 5.91 Å². The first-order valence-corrected chi connectivity index (χ1v) is 7.43. The third kappa shape index (κ3) is 4.63. The predicted octanol–water partition coefficient (Wildman–Crippen LogP) is 1.88. The molecule has 0 aliphatic carbocycles. The van der Waals surface area contributed by atoms with Gasteiger partial charge in [0.2, 0.25) is 0 Å². The molecule has 2 rings (SSSR count). The van der Waals surface area contributed by atoms with Crippen LogP contribution in [0.4, 0.5) is 0 Å². The highest BCUT2D eigenvalue weighted by Gasteiger charge is 2.21. The molecule has 1 amide bonds. The molecule has 114 valence electrons. The lowest BCUT2D eigenvalue weighted by Gasteiger charge is -2.32. The minimum atomic E-state index is -0.161. The molecule has 1 N–H and O–H groups in total. The van der Waals surface area contributed by atoms with E-state index >= 15 is 0 Å². The Hall–Kier alpha value is -1.75. The predicted molar refractivity (Wildman–Crippen MR) is 83.0 cm³/mol. The molecule has 1 aliphatic rings.